The van der Waals surface area contributed by atoms with E-state index < -0.39 is 0 Å². The molecule has 1 saturated heterocycles. The molecule has 0 aliphatic carbocycles. The summed E-state index contributed by atoms with van der Waals surface area (Å²) in [6, 6.07) is 0.0254. The fourth-order valence-corrected chi connectivity index (χ4v) is 2.50. The van der Waals surface area contributed by atoms with E-state index in [9.17, 15) is 4.79 Å². The van der Waals surface area contributed by atoms with Crippen molar-refractivity contribution in [1.82, 2.24) is 10.2 Å². The second-order valence-electron chi connectivity index (χ2n) is 3.77. The molecule has 1 fully saturated rings. The lowest BCUT2D eigenvalue weighted by molar-refractivity contribution is -0.131. The van der Waals surface area contributed by atoms with Gasteiger partial charge in [0.25, 0.3) is 0 Å². The smallest absolute Gasteiger partial charge is 0.240 e. The lowest BCUT2D eigenvalue weighted by atomic mass is 10.2. The Morgan fingerprint density at radius 2 is 2.53 bits per heavy atom. The van der Waals surface area contributed by atoms with Gasteiger partial charge in [-0.05, 0) is 12.8 Å². The molecule has 1 aliphatic rings. The van der Waals surface area contributed by atoms with Gasteiger partial charge < -0.3 is 10.2 Å². The van der Waals surface area contributed by atoms with E-state index in [1.165, 1.54) is 0 Å². The van der Waals surface area contributed by atoms with Crippen molar-refractivity contribution in [2.75, 3.05) is 31.6 Å². The van der Waals surface area contributed by atoms with Gasteiger partial charge in [0.05, 0.1) is 6.04 Å². The number of carbonyl (C=O) groups is 1. The van der Waals surface area contributed by atoms with Crippen LogP contribution in [0.1, 0.15) is 12.8 Å². The topological polar surface area (TPSA) is 32.3 Å². The van der Waals surface area contributed by atoms with Gasteiger partial charge in [0, 0.05) is 31.6 Å². The van der Waals surface area contributed by atoms with Gasteiger partial charge >= 0.3 is 0 Å². The van der Waals surface area contributed by atoms with Crippen molar-refractivity contribution < 1.29 is 4.79 Å². The summed E-state index contributed by atoms with van der Waals surface area (Å²) in [7, 11) is 1.88. The van der Waals surface area contributed by atoms with Crippen LogP contribution in [-0.2, 0) is 4.79 Å². The summed E-state index contributed by atoms with van der Waals surface area (Å²) in [6.45, 7) is 5.45. The molecule has 1 N–H and O–H groups in total. The summed E-state index contributed by atoms with van der Waals surface area (Å²) in [5.74, 6) is 2.25. The molecule has 1 amide bonds. The first kappa shape index (κ1) is 12.6. The SMILES string of the molecule is C=CCCCN(C)C(=O)C1CSCCN1. The number of hydrogen-bond acceptors (Lipinski definition) is 3. The fourth-order valence-electron chi connectivity index (χ4n) is 1.57. The van der Waals surface area contributed by atoms with Crippen LogP contribution in [0.25, 0.3) is 0 Å². The Bertz CT molecular complexity index is 215. The van der Waals surface area contributed by atoms with Crippen molar-refractivity contribution in [3.8, 4) is 0 Å². The normalized spacial score (nSPS) is 21.0. The molecule has 0 bridgehead atoms. The van der Waals surface area contributed by atoms with Crippen LogP contribution in [0.5, 0.6) is 0 Å². The van der Waals surface area contributed by atoms with Gasteiger partial charge in [-0.1, -0.05) is 6.08 Å². The predicted octanol–water partition coefficient (Wildman–Crippen LogP) is 1.12. The Balaban J connectivity index is 2.27. The number of nitrogens with one attached hydrogen (secondary N) is 1. The zero-order valence-electron chi connectivity index (χ0n) is 9.37. The summed E-state index contributed by atoms with van der Waals surface area (Å²) < 4.78 is 0. The largest absolute Gasteiger partial charge is 0.344 e. The van der Waals surface area contributed by atoms with E-state index in [4.69, 9.17) is 0 Å². The minimum absolute atomic E-state index is 0.0254. The highest BCUT2D eigenvalue weighted by atomic mass is 32.2. The first-order valence-electron chi connectivity index (χ1n) is 5.42. The lowest BCUT2D eigenvalue weighted by Gasteiger charge is -2.27. The van der Waals surface area contributed by atoms with Crippen LogP contribution in [0.2, 0.25) is 0 Å². The molecule has 0 spiro atoms. The van der Waals surface area contributed by atoms with Gasteiger partial charge in [0.2, 0.25) is 5.91 Å². The van der Waals surface area contributed by atoms with Gasteiger partial charge in [-0.3, -0.25) is 4.79 Å². The van der Waals surface area contributed by atoms with E-state index in [1.807, 2.05) is 29.8 Å². The Morgan fingerprint density at radius 3 is 3.13 bits per heavy atom. The second-order valence-corrected chi connectivity index (χ2v) is 4.92. The third kappa shape index (κ3) is 4.26. The fraction of sp³-hybridized carbons (Fsp3) is 0.727. The van der Waals surface area contributed by atoms with Crippen LogP contribution in [0.15, 0.2) is 12.7 Å². The molecule has 1 heterocycles. The molecule has 0 aromatic carbocycles. The number of thioether (sulfide) groups is 1. The van der Waals surface area contributed by atoms with Gasteiger partial charge in [-0.2, -0.15) is 11.8 Å². The number of unbranched alkanes of at least 4 members (excludes halogenated alkanes) is 1. The highest BCUT2D eigenvalue weighted by Gasteiger charge is 2.23. The van der Waals surface area contributed by atoms with E-state index in [0.717, 1.165) is 37.4 Å². The van der Waals surface area contributed by atoms with E-state index in [1.54, 1.807) is 0 Å². The summed E-state index contributed by atoms with van der Waals surface area (Å²) in [5, 5.41) is 3.26. The first-order chi connectivity index (χ1) is 7.25. The maximum Gasteiger partial charge on any atom is 0.240 e. The Hall–Kier alpha value is -0.480. The molecule has 4 heteroatoms. The Morgan fingerprint density at radius 1 is 1.73 bits per heavy atom. The van der Waals surface area contributed by atoms with Crippen molar-refractivity contribution in [3.63, 3.8) is 0 Å². The van der Waals surface area contributed by atoms with Crippen LogP contribution < -0.4 is 5.32 Å². The number of carbonyl (C=O) groups excluding carboxylic acids is 1. The monoisotopic (exact) mass is 228 g/mol. The molecule has 1 atom stereocenters. The predicted molar refractivity (Wildman–Crippen MR) is 66.2 cm³/mol. The average Bonchev–Trinajstić information content (AvgIpc) is 2.29. The highest BCUT2D eigenvalue weighted by molar-refractivity contribution is 7.99. The molecule has 1 unspecified atom stereocenters. The van der Waals surface area contributed by atoms with Crippen LogP contribution in [-0.4, -0.2) is 48.5 Å². The molecular weight excluding hydrogens is 208 g/mol. The zero-order chi connectivity index (χ0) is 11.1. The number of likely N-dealkylation sites (N-methyl/N-ethyl adjacent to an activating group) is 1. The number of amides is 1. The highest BCUT2D eigenvalue weighted by Crippen LogP contribution is 2.09. The van der Waals surface area contributed by atoms with Crippen molar-refractivity contribution in [1.29, 1.82) is 0 Å². The maximum atomic E-state index is 11.9. The van der Waals surface area contributed by atoms with E-state index in [0.29, 0.717) is 0 Å². The summed E-state index contributed by atoms with van der Waals surface area (Å²) >= 11 is 1.85. The average molecular weight is 228 g/mol. The molecule has 0 saturated carbocycles. The number of nitrogens with zero attached hydrogens (tertiary/aromatic N) is 1. The molecule has 0 aromatic heterocycles. The van der Waals surface area contributed by atoms with Crippen molar-refractivity contribution >= 4 is 17.7 Å². The minimum Gasteiger partial charge on any atom is -0.344 e. The molecule has 1 rings (SSSR count). The molecule has 1 aliphatic heterocycles. The molecule has 3 nitrogen and oxygen atoms in total. The van der Waals surface area contributed by atoms with Gasteiger partial charge in [-0.25, -0.2) is 0 Å². The first-order valence-corrected chi connectivity index (χ1v) is 6.58. The summed E-state index contributed by atoms with van der Waals surface area (Å²) in [4.78, 5) is 13.7. The van der Waals surface area contributed by atoms with Crippen molar-refractivity contribution in [3.05, 3.63) is 12.7 Å². The van der Waals surface area contributed by atoms with Gasteiger partial charge in [-0.15, -0.1) is 6.58 Å². The standard InChI is InChI=1S/C11H20N2OS/c1-3-4-5-7-13(2)11(14)10-9-15-8-6-12-10/h3,10,12H,1,4-9H2,2H3. The number of rotatable bonds is 5. The summed E-state index contributed by atoms with van der Waals surface area (Å²) in [5.41, 5.74) is 0. The van der Waals surface area contributed by atoms with Crippen molar-refractivity contribution in [2.24, 2.45) is 0 Å². The van der Waals surface area contributed by atoms with Crippen LogP contribution in [0.4, 0.5) is 0 Å². The van der Waals surface area contributed by atoms with E-state index in [-0.39, 0.29) is 11.9 Å². The van der Waals surface area contributed by atoms with Crippen LogP contribution in [0, 0.1) is 0 Å². The quantitative estimate of drug-likeness (QED) is 0.565. The third-order valence-corrected chi connectivity index (χ3v) is 3.56. The van der Waals surface area contributed by atoms with E-state index in [2.05, 4.69) is 11.9 Å². The summed E-state index contributed by atoms with van der Waals surface area (Å²) in [6.07, 6.45) is 3.88. The van der Waals surface area contributed by atoms with Crippen LogP contribution >= 0.6 is 11.8 Å². The maximum absolute atomic E-state index is 11.9. The molecule has 0 radical (unpaired) electrons. The van der Waals surface area contributed by atoms with Crippen LogP contribution in [0.3, 0.4) is 0 Å². The number of allylic oxidation sites excluding steroid dienone is 1. The Kier molecular flexibility index (Phi) is 5.79. The van der Waals surface area contributed by atoms with Gasteiger partial charge in [0.1, 0.15) is 0 Å². The van der Waals surface area contributed by atoms with Crippen molar-refractivity contribution in [2.45, 2.75) is 18.9 Å². The zero-order valence-corrected chi connectivity index (χ0v) is 10.2. The third-order valence-electron chi connectivity index (χ3n) is 2.50. The van der Waals surface area contributed by atoms with E-state index >= 15 is 0 Å². The number of hydrogen-bond donors (Lipinski definition) is 1. The molecule has 15 heavy (non-hydrogen) atoms. The minimum atomic E-state index is 0.0254. The molecular formula is C11H20N2OS. The molecule has 86 valence electrons. The van der Waals surface area contributed by atoms with Gasteiger partial charge in [0.15, 0.2) is 0 Å². The lowest BCUT2D eigenvalue weighted by Crippen LogP contribution is -2.49. The Labute approximate surface area is 96.3 Å². The second kappa shape index (κ2) is 6.90. The molecule has 0 aromatic rings.